The van der Waals surface area contributed by atoms with Gasteiger partial charge in [0, 0.05) is 17.8 Å². The zero-order chi connectivity index (χ0) is 18.9. The molecule has 0 heterocycles. The molecular weight excluding hydrogens is 322 g/mol. The number of benzene rings is 2. The van der Waals surface area contributed by atoms with Crippen molar-refractivity contribution in [1.29, 1.82) is 0 Å². The molecule has 0 aliphatic carbocycles. The zero-order valence-electron chi connectivity index (χ0n) is 15.9. The zero-order valence-corrected chi connectivity index (χ0v) is 15.9. The first-order valence-electron chi connectivity index (χ1n) is 8.85. The van der Waals surface area contributed by atoms with Crippen molar-refractivity contribution in [1.82, 2.24) is 0 Å². The van der Waals surface area contributed by atoms with Crippen LogP contribution >= 0.6 is 0 Å². The molecule has 1 N–H and O–H groups in total. The number of aryl methyl sites for hydroxylation is 2. The van der Waals surface area contributed by atoms with Gasteiger partial charge in [0.2, 0.25) is 0 Å². The van der Waals surface area contributed by atoms with Gasteiger partial charge < -0.3 is 14.8 Å². The lowest BCUT2D eigenvalue weighted by atomic mass is 10.0. The number of nitrogens with one attached hydrogen (secondary N) is 1. The minimum atomic E-state index is 0.213. The van der Waals surface area contributed by atoms with Crippen LogP contribution in [-0.2, 0) is 13.0 Å². The predicted octanol–water partition coefficient (Wildman–Crippen LogP) is 5.05. The summed E-state index contributed by atoms with van der Waals surface area (Å²) in [4.78, 5) is 0. The highest BCUT2D eigenvalue weighted by Crippen LogP contribution is 2.34. The number of anilines is 1. The number of allylic oxidation sites excluding steroid dienone is 1. The summed E-state index contributed by atoms with van der Waals surface area (Å²) in [6, 6.07) is 10.5. The van der Waals surface area contributed by atoms with Crippen molar-refractivity contribution in [3.8, 4) is 23.8 Å². The third-order valence-corrected chi connectivity index (χ3v) is 4.02. The third-order valence-electron chi connectivity index (χ3n) is 4.02. The molecule has 2 aromatic carbocycles. The second kappa shape index (κ2) is 9.58. The van der Waals surface area contributed by atoms with Gasteiger partial charge in [0.05, 0.1) is 6.61 Å². The van der Waals surface area contributed by atoms with Gasteiger partial charge in [-0.2, -0.15) is 0 Å². The molecule has 136 valence electrons. The number of hydrogen-bond donors (Lipinski definition) is 1. The molecule has 3 heteroatoms. The maximum Gasteiger partial charge on any atom is 0.166 e. The first-order valence-corrected chi connectivity index (χ1v) is 8.85. The quantitative estimate of drug-likeness (QED) is 0.507. The van der Waals surface area contributed by atoms with Gasteiger partial charge in [0.1, 0.15) is 6.61 Å². The second-order valence-corrected chi connectivity index (χ2v) is 6.17. The van der Waals surface area contributed by atoms with Gasteiger partial charge in [-0.3, -0.25) is 0 Å². The average Bonchev–Trinajstić information content (AvgIpc) is 2.61. The van der Waals surface area contributed by atoms with E-state index in [1.807, 2.05) is 19.1 Å². The summed E-state index contributed by atoms with van der Waals surface area (Å²) < 4.78 is 11.5. The van der Waals surface area contributed by atoms with E-state index in [0.717, 1.165) is 22.6 Å². The van der Waals surface area contributed by atoms with Crippen LogP contribution in [0.15, 0.2) is 43.0 Å². The Morgan fingerprint density at radius 3 is 2.65 bits per heavy atom. The van der Waals surface area contributed by atoms with E-state index in [1.54, 1.807) is 0 Å². The van der Waals surface area contributed by atoms with Gasteiger partial charge in [0.25, 0.3) is 0 Å². The Morgan fingerprint density at radius 2 is 2.00 bits per heavy atom. The van der Waals surface area contributed by atoms with Crippen molar-refractivity contribution in [2.75, 3.05) is 18.5 Å². The third kappa shape index (κ3) is 5.07. The van der Waals surface area contributed by atoms with Gasteiger partial charge in [-0.25, -0.2) is 0 Å². The highest BCUT2D eigenvalue weighted by atomic mass is 16.5. The average molecular weight is 349 g/mol. The molecule has 2 rings (SSSR count). The molecule has 0 aromatic heterocycles. The van der Waals surface area contributed by atoms with Crippen molar-refractivity contribution in [2.24, 2.45) is 0 Å². The lowest BCUT2D eigenvalue weighted by Gasteiger charge is -2.17. The number of terminal acetylenes is 1. The van der Waals surface area contributed by atoms with Crippen LogP contribution in [0.5, 0.6) is 11.5 Å². The first-order chi connectivity index (χ1) is 12.6. The summed E-state index contributed by atoms with van der Waals surface area (Å²) in [6.07, 6.45) is 7.89. The van der Waals surface area contributed by atoms with Gasteiger partial charge in [-0.05, 0) is 56.5 Å². The number of ether oxygens (including phenoxy) is 2. The molecule has 0 atom stereocenters. The lowest BCUT2D eigenvalue weighted by Crippen LogP contribution is -2.06. The smallest absolute Gasteiger partial charge is 0.166 e. The molecule has 0 radical (unpaired) electrons. The van der Waals surface area contributed by atoms with Crippen LogP contribution in [0.25, 0.3) is 0 Å². The normalized spacial score (nSPS) is 10.1. The molecule has 0 unspecified atom stereocenters. The fraction of sp³-hybridized carbons (Fsp3) is 0.304. The van der Waals surface area contributed by atoms with E-state index in [4.69, 9.17) is 15.9 Å². The Balaban J connectivity index is 2.29. The summed E-state index contributed by atoms with van der Waals surface area (Å²) in [5.41, 5.74) is 5.77. The highest BCUT2D eigenvalue weighted by molar-refractivity contribution is 5.54. The number of hydrogen-bond acceptors (Lipinski definition) is 3. The van der Waals surface area contributed by atoms with E-state index in [0.29, 0.717) is 25.3 Å². The molecule has 0 saturated heterocycles. The molecule has 0 bridgehead atoms. The molecule has 0 fully saturated rings. The Bertz CT molecular complexity index is 803. The van der Waals surface area contributed by atoms with Gasteiger partial charge in [0.15, 0.2) is 11.5 Å². The topological polar surface area (TPSA) is 30.5 Å². The lowest BCUT2D eigenvalue weighted by molar-refractivity contribution is 0.297. The van der Waals surface area contributed by atoms with E-state index in [9.17, 15) is 0 Å². The van der Waals surface area contributed by atoms with E-state index in [1.165, 1.54) is 11.1 Å². The monoisotopic (exact) mass is 349 g/mol. The maximum atomic E-state index is 5.80. The van der Waals surface area contributed by atoms with E-state index in [2.05, 4.69) is 55.9 Å². The minimum absolute atomic E-state index is 0.213. The van der Waals surface area contributed by atoms with Crippen molar-refractivity contribution in [3.63, 3.8) is 0 Å². The fourth-order valence-electron chi connectivity index (χ4n) is 2.88. The second-order valence-electron chi connectivity index (χ2n) is 6.17. The number of rotatable bonds is 9. The Labute approximate surface area is 157 Å². The van der Waals surface area contributed by atoms with Crippen LogP contribution in [-0.4, -0.2) is 13.2 Å². The molecule has 26 heavy (non-hydrogen) atoms. The molecule has 2 aromatic rings. The summed E-state index contributed by atoms with van der Waals surface area (Å²) in [7, 11) is 0. The molecule has 0 aliphatic rings. The van der Waals surface area contributed by atoms with Crippen molar-refractivity contribution in [2.45, 2.75) is 33.7 Å². The van der Waals surface area contributed by atoms with Gasteiger partial charge in [-0.1, -0.05) is 29.7 Å². The van der Waals surface area contributed by atoms with Crippen molar-refractivity contribution < 1.29 is 9.47 Å². The van der Waals surface area contributed by atoms with Gasteiger partial charge in [-0.15, -0.1) is 13.0 Å². The molecule has 3 nitrogen and oxygen atoms in total. The van der Waals surface area contributed by atoms with Crippen LogP contribution in [0.3, 0.4) is 0 Å². The Kier molecular flexibility index (Phi) is 7.17. The summed E-state index contributed by atoms with van der Waals surface area (Å²) >= 11 is 0. The summed E-state index contributed by atoms with van der Waals surface area (Å²) in [5.74, 6) is 3.94. The highest BCUT2D eigenvalue weighted by Gasteiger charge is 2.13. The predicted molar refractivity (Wildman–Crippen MR) is 109 cm³/mol. The molecule has 0 spiro atoms. The van der Waals surface area contributed by atoms with Crippen molar-refractivity contribution in [3.05, 3.63) is 65.2 Å². The van der Waals surface area contributed by atoms with Crippen LogP contribution in [0, 0.1) is 26.2 Å². The standard InChI is InChI=1S/C23H27NO2/c1-6-9-20-14-19(15-22(25-8-3)23(20)26-12-7-2)16-24-21-11-10-17(4)13-18(21)5/h2,6,10-11,13-15,24H,1,8-9,12,16H2,3-5H3. The summed E-state index contributed by atoms with van der Waals surface area (Å²) in [6.45, 7) is 11.5. The fourth-order valence-corrected chi connectivity index (χ4v) is 2.88. The van der Waals surface area contributed by atoms with Crippen molar-refractivity contribution >= 4 is 5.69 Å². The molecule has 0 amide bonds. The van der Waals surface area contributed by atoms with E-state index in [-0.39, 0.29) is 6.61 Å². The van der Waals surface area contributed by atoms with Crippen LogP contribution < -0.4 is 14.8 Å². The first kappa shape index (κ1) is 19.5. The SMILES string of the molecule is C#CCOc1c(CC=C)cc(CNc2ccc(C)cc2C)cc1OCC. The summed E-state index contributed by atoms with van der Waals surface area (Å²) in [5, 5.41) is 3.50. The van der Waals surface area contributed by atoms with Crippen LogP contribution in [0.2, 0.25) is 0 Å². The Hall–Kier alpha value is -2.86. The van der Waals surface area contributed by atoms with E-state index >= 15 is 0 Å². The maximum absolute atomic E-state index is 5.80. The minimum Gasteiger partial charge on any atom is -0.490 e. The molecular formula is C23H27NO2. The van der Waals surface area contributed by atoms with E-state index < -0.39 is 0 Å². The van der Waals surface area contributed by atoms with Crippen LogP contribution in [0.1, 0.15) is 29.2 Å². The Morgan fingerprint density at radius 1 is 1.19 bits per heavy atom. The largest absolute Gasteiger partial charge is 0.490 e. The molecule has 0 saturated carbocycles. The molecule has 0 aliphatic heterocycles. The van der Waals surface area contributed by atoms with Gasteiger partial charge >= 0.3 is 0 Å². The van der Waals surface area contributed by atoms with Crippen LogP contribution in [0.4, 0.5) is 5.69 Å².